The average molecular weight is 468 g/mol. The Morgan fingerprint density at radius 1 is 1.12 bits per heavy atom. The van der Waals surface area contributed by atoms with Crippen LogP contribution in [0.15, 0.2) is 52.6 Å². The van der Waals surface area contributed by atoms with E-state index in [1.807, 2.05) is 6.07 Å². The van der Waals surface area contributed by atoms with E-state index < -0.39 is 24.0 Å². The summed E-state index contributed by atoms with van der Waals surface area (Å²) in [5.74, 6) is 0.0509. The fourth-order valence-corrected chi connectivity index (χ4v) is 4.37. The molecule has 1 aliphatic rings. The van der Waals surface area contributed by atoms with Crippen molar-refractivity contribution in [3.63, 3.8) is 0 Å². The van der Waals surface area contributed by atoms with Crippen LogP contribution in [-0.4, -0.2) is 45.7 Å². The highest BCUT2D eigenvalue weighted by atomic mass is 19.4. The van der Waals surface area contributed by atoms with Crippen molar-refractivity contribution in [1.29, 1.82) is 0 Å². The number of alkyl halides is 3. The van der Waals surface area contributed by atoms with Crippen LogP contribution < -0.4 is 11.2 Å². The summed E-state index contributed by atoms with van der Waals surface area (Å²) in [4.78, 5) is 32.5. The molecule has 172 valence electrons. The maximum atomic E-state index is 12.9. The van der Waals surface area contributed by atoms with E-state index in [2.05, 4.69) is 30.2 Å². The van der Waals surface area contributed by atoms with Gasteiger partial charge in [-0.1, -0.05) is 12.1 Å². The van der Waals surface area contributed by atoms with Crippen molar-refractivity contribution in [2.75, 3.05) is 0 Å². The number of fused-ring (bicyclic) bond motifs is 2. The molecular formula is C21H15F3N8O2. The second-order valence-corrected chi connectivity index (χ2v) is 8.23. The second kappa shape index (κ2) is 7.10. The number of aromatic nitrogens is 8. The molecule has 10 nitrogen and oxygen atoms in total. The van der Waals surface area contributed by atoms with Crippen molar-refractivity contribution < 1.29 is 13.2 Å². The predicted octanol–water partition coefficient (Wildman–Crippen LogP) is 2.35. The van der Waals surface area contributed by atoms with Crippen LogP contribution in [-0.2, 0) is 6.54 Å². The first-order chi connectivity index (χ1) is 16.3. The SMILES string of the molecule is O=c1[nH]cc(-c2cc([C@H]3C[C@@H]3c3ccc4cnn(CC(F)(F)F)c4c3)c3ncnn3n2)c(=O)[nH]1. The summed E-state index contributed by atoms with van der Waals surface area (Å²) in [7, 11) is 0. The Balaban J connectivity index is 1.39. The number of nitrogens with one attached hydrogen (secondary N) is 2. The topological polar surface area (TPSA) is 127 Å². The van der Waals surface area contributed by atoms with Gasteiger partial charge in [-0.05, 0) is 36.0 Å². The summed E-state index contributed by atoms with van der Waals surface area (Å²) in [6.45, 7) is -1.16. The summed E-state index contributed by atoms with van der Waals surface area (Å²) >= 11 is 0. The minimum atomic E-state index is -4.37. The van der Waals surface area contributed by atoms with Crippen molar-refractivity contribution in [2.24, 2.45) is 0 Å². The molecule has 1 aliphatic carbocycles. The van der Waals surface area contributed by atoms with Crippen LogP contribution in [0, 0.1) is 0 Å². The minimum Gasteiger partial charge on any atom is -0.313 e. The molecule has 0 bridgehead atoms. The highest BCUT2D eigenvalue weighted by molar-refractivity contribution is 5.79. The van der Waals surface area contributed by atoms with E-state index in [1.165, 1.54) is 23.4 Å². The van der Waals surface area contributed by atoms with Gasteiger partial charge in [0.2, 0.25) is 0 Å². The Morgan fingerprint density at radius 3 is 2.76 bits per heavy atom. The lowest BCUT2D eigenvalue weighted by atomic mass is 10.0. The Bertz CT molecular complexity index is 1680. The number of hydrogen-bond acceptors (Lipinski definition) is 6. The molecule has 5 aromatic rings. The molecule has 0 saturated heterocycles. The van der Waals surface area contributed by atoms with Crippen LogP contribution >= 0.6 is 0 Å². The molecule has 0 spiro atoms. The van der Waals surface area contributed by atoms with E-state index in [0.29, 0.717) is 22.2 Å². The number of benzene rings is 1. The van der Waals surface area contributed by atoms with Crippen molar-refractivity contribution in [1.82, 2.24) is 39.6 Å². The summed E-state index contributed by atoms with van der Waals surface area (Å²) in [6.07, 6.45) is 0.435. The summed E-state index contributed by atoms with van der Waals surface area (Å²) in [6, 6.07) is 7.14. The van der Waals surface area contributed by atoms with Gasteiger partial charge in [-0.3, -0.25) is 14.5 Å². The van der Waals surface area contributed by atoms with Gasteiger partial charge in [0, 0.05) is 17.1 Å². The first kappa shape index (κ1) is 20.3. The fraction of sp³-hybridized carbons (Fsp3) is 0.238. The highest BCUT2D eigenvalue weighted by Crippen LogP contribution is 2.55. The van der Waals surface area contributed by atoms with Crippen molar-refractivity contribution in [3.8, 4) is 11.3 Å². The zero-order valence-electron chi connectivity index (χ0n) is 17.2. The lowest BCUT2D eigenvalue weighted by Gasteiger charge is -2.09. The second-order valence-electron chi connectivity index (χ2n) is 8.23. The molecule has 13 heteroatoms. The molecule has 4 heterocycles. The molecule has 1 aromatic carbocycles. The molecule has 34 heavy (non-hydrogen) atoms. The van der Waals surface area contributed by atoms with Gasteiger partial charge in [-0.2, -0.15) is 18.3 Å². The normalized spacial score (nSPS) is 18.1. The zero-order valence-corrected chi connectivity index (χ0v) is 17.2. The van der Waals surface area contributed by atoms with Crippen molar-refractivity contribution in [2.45, 2.75) is 31.0 Å². The molecule has 0 unspecified atom stereocenters. The van der Waals surface area contributed by atoms with Gasteiger partial charge < -0.3 is 4.98 Å². The Kier molecular flexibility index (Phi) is 4.25. The Morgan fingerprint density at radius 2 is 1.97 bits per heavy atom. The van der Waals surface area contributed by atoms with Crippen LogP contribution in [0.25, 0.3) is 27.8 Å². The third-order valence-corrected chi connectivity index (χ3v) is 5.99. The highest BCUT2D eigenvalue weighted by Gasteiger charge is 2.42. The van der Waals surface area contributed by atoms with Crippen molar-refractivity contribution >= 4 is 16.6 Å². The number of halogens is 3. The van der Waals surface area contributed by atoms with E-state index in [9.17, 15) is 22.8 Å². The van der Waals surface area contributed by atoms with Crippen LogP contribution in [0.4, 0.5) is 13.2 Å². The first-order valence-corrected chi connectivity index (χ1v) is 10.3. The lowest BCUT2D eigenvalue weighted by Crippen LogP contribution is -2.23. The molecule has 1 fully saturated rings. The van der Waals surface area contributed by atoms with E-state index in [-0.39, 0.29) is 17.4 Å². The van der Waals surface area contributed by atoms with E-state index >= 15 is 0 Å². The number of aromatic amines is 2. The standard InChI is InChI=1S/C21H15F3N8O2/c22-21(23,24)8-31-17-3-10(1-2-11(17)6-27-31)12-4-13(12)14-5-16(30-32-18(14)26-9-28-32)15-7-25-20(34)29-19(15)33/h1-3,5-7,9,12-13H,4,8H2,(H2,25,29,33,34)/t12-,13+/m1/s1. The van der Waals surface area contributed by atoms with Crippen LogP contribution in [0.1, 0.15) is 29.4 Å². The third-order valence-electron chi connectivity index (χ3n) is 5.99. The molecule has 6 rings (SSSR count). The first-order valence-electron chi connectivity index (χ1n) is 10.3. The fourth-order valence-electron chi connectivity index (χ4n) is 4.37. The summed E-state index contributed by atoms with van der Waals surface area (Å²) in [5.41, 5.74) is 1.92. The van der Waals surface area contributed by atoms with E-state index in [0.717, 1.165) is 22.2 Å². The van der Waals surface area contributed by atoms with E-state index in [4.69, 9.17) is 0 Å². The zero-order chi connectivity index (χ0) is 23.6. The predicted molar refractivity (Wildman–Crippen MR) is 113 cm³/mol. The van der Waals surface area contributed by atoms with Crippen LogP contribution in [0.3, 0.4) is 0 Å². The molecule has 0 aliphatic heterocycles. The number of nitrogens with zero attached hydrogens (tertiary/aromatic N) is 6. The molecule has 0 amide bonds. The Labute approximate surface area is 187 Å². The largest absolute Gasteiger partial charge is 0.408 e. The smallest absolute Gasteiger partial charge is 0.313 e. The Hall–Kier alpha value is -4.29. The molecule has 0 radical (unpaired) electrons. The summed E-state index contributed by atoms with van der Waals surface area (Å²) in [5, 5.41) is 12.9. The van der Waals surface area contributed by atoms with Crippen molar-refractivity contribution in [3.05, 3.63) is 75.0 Å². The van der Waals surface area contributed by atoms with Gasteiger partial charge in [-0.25, -0.2) is 9.78 Å². The third kappa shape index (κ3) is 3.45. The van der Waals surface area contributed by atoms with Gasteiger partial charge in [0.1, 0.15) is 18.6 Å². The number of hydrogen-bond donors (Lipinski definition) is 2. The van der Waals surface area contributed by atoms with Crippen LogP contribution in [0.2, 0.25) is 0 Å². The van der Waals surface area contributed by atoms with Gasteiger partial charge >= 0.3 is 11.9 Å². The number of H-pyrrole nitrogens is 2. The maximum absolute atomic E-state index is 12.9. The molecule has 4 aromatic heterocycles. The molecule has 2 atom stereocenters. The number of rotatable bonds is 4. The minimum absolute atomic E-state index is 0.00623. The summed E-state index contributed by atoms with van der Waals surface area (Å²) < 4.78 is 41.0. The molecule has 1 saturated carbocycles. The van der Waals surface area contributed by atoms with Gasteiger partial charge in [0.25, 0.3) is 5.56 Å². The average Bonchev–Trinajstić information content (AvgIpc) is 3.26. The van der Waals surface area contributed by atoms with E-state index in [1.54, 1.807) is 18.2 Å². The monoisotopic (exact) mass is 468 g/mol. The van der Waals surface area contributed by atoms with Gasteiger partial charge in [0.05, 0.1) is 17.3 Å². The molecule has 2 N–H and O–H groups in total. The maximum Gasteiger partial charge on any atom is 0.408 e. The van der Waals surface area contributed by atoms with Crippen LogP contribution in [0.5, 0.6) is 0 Å². The van der Waals surface area contributed by atoms with Gasteiger partial charge in [0.15, 0.2) is 5.65 Å². The van der Waals surface area contributed by atoms with Gasteiger partial charge in [-0.15, -0.1) is 14.8 Å². The molecular weight excluding hydrogens is 453 g/mol. The lowest BCUT2D eigenvalue weighted by molar-refractivity contribution is -0.141. The quantitative estimate of drug-likeness (QED) is 0.417.